The molecule has 0 radical (unpaired) electrons. The van der Waals surface area contributed by atoms with Gasteiger partial charge in [0.25, 0.3) is 0 Å². The van der Waals surface area contributed by atoms with E-state index in [0.717, 1.165) is 38.4 Å². The molecule has 0 spiro atoms. The van der Waals surface area contributed by atoms with Gasteiger partial charge in [-0.25, -0.2) is 0 Å². The van der Waals surface area contributed by atoms with E-state index in [4.69, 9.17) is 5.73 Å². The molecule has 0 aliphatic carbocycles. The summed E-state index contributed by atoms with van der Waals surface area (Å²) in [5, 5.41) is 0. The average Bonchev–Trinajstić information content (AvgIpc) is 2.70. The van der Waals surface area contributed by atoms with Crippen LogP contribution in [-0.2, 0) is 16.1 Å². The summed E-state index contributed by atoms with van der Waals surface area (Å²) < 4.78 is 0. The summed E-state index contributed by atoms with van der Waals surface area (Å²) in [6, 6.07) is 16.0. The molecule has 4 rings (SSSR count). The largest absolute Gasteiger partial charge is 0.397 e. The summed E-state index contributed by atoms with van der Waals surface area (Å²) in [5.74, 6) is -0.282. The van der Waals surface area contributed by atoms with Gasteiger partial charge in [0, 0.05) is 45.6 Å². The lowest BCUT2D eigenvalue weighted by molar-refractivity contribution is -0.129. The molecule has 0 aromatic heterocycles. The minimum Gasteiger partial charge on any atom is -0.397 e. The molecule has 6 nitrogen and oxygen atoms in total. The molecule has 2 aliphatic rings. The number of nitrogens with zero attached hydrogens (tertiary/aromatic N) is 3. The number of piperidine rings is 1. The minimum atomic E-state index is -0.141. The highest BCUT2D eigenvalue weighted by Gasteiger charge is 2.28. The molecule has 2 aromatic rings. The first-order chi connectivity index (χ1) is 13.6. The molecule has 0 atom stereocenters. The number of piperazine rings is 1. The highest BCUT2D eigenvalue weighted by molar-refractivity contribution is 6.16. The van der Waals surface area contributed by atoms with Gasteiger partial charge in [-0.15, -0.1) is 0 Å². The Labute approximate surface area is 165 Å². The first-order valence-electron chi connectivity index (χ1n) is 9.88. The van der Waals surface area contributed by atoms with Crippen LogP contribution in [0.3, 0.4) is 0 Å². The van der Waals surface area contributed by atoms with Crippen LogP contribution >= 0.6 is 0 Å². The quantitative estimate of drug-likeness (QED) is 0.654. The van der Waals surface area contributed by atoms with E-state index in [0.29, 0.717) is 30.6 Å². The normalized spacial score (nSPS) is 18.6. The maximum Gasteiger partial charge on any atom is 0.233 e. The molecule has 2 N–H and O–H groups in total. The van der Waals surface area contributed by atoms with Crippen molar-refractivity contribution in [2.24, 2.45) is 0 Å². The molecular weight excluding hydrogens is 352 g/mol. The van der Waals surface area contributed by atoms with Crippen molar-refractivity contribution in [2.75, 3.05) is 41.7 Å². The number of amides is 2. The molecule has 2 amide bonds. The Morgan fingerprint density at radius 2 is 1.54 bits per heavy atom. The maximum absolute atomic E-state index is 12.1. The summed E-state index contributed by atoms with van der Waals surface area (Å²) in [5.41, 5.74) is 9.80. The molecule has 2 saturated heterocycles. The van der Waals surface area contributed by atoms with Crippen LogP contribution in [0.15, 0.2) is 48.5 Å². The Balaban J connectivity index is 1.41. The second-order valence-corrected chi connectivity index (χ2v) is 7.47. The molecule has 0 saturated carbocycles. The second-order valence-electron chi connectivity index (χ2n) is 7.47. The van der Waals surface area contributed by atoms with Crippen molar-refractivity contribution < 1.29 is 9.59 Å². The zero-order chi connectivity index (χ0) is 19.5. The number of nitrogens with two attached hydrogens (primary N) is 1. The van der Waals surface area contributed by atoms with E-state index in [1.54, 1.807) is 6.07 Å². The van der Waals surface area contributed by atoms with Gasteiger partial charge in [-0.2, -0.15) is 0 Å². The van der Waals surface area contributed by atoms with Crippen LogP contribution in [0.1, 0.15) is 24.8 Å². The van der Waals surface area contributed by atoms with Gasteiger partial charge in [0.2, 0.25) is 11.8 Å². The summed E-state index contributed by atoms with van der Waals surface area (Å²) in [6.45, 7) is 4.70. The average molecular weight is 378 g/mol. The summed E-state index contributed by atoms with van der Waals surface area (Å²) >= 11 is 0. The van der Waals surface area contributed by atoms with Gasteiger partial charge < -0.3 is 10.6 Å². The first kappa shape index (κ1) is 18.5. The third-order valence-electron chi connectivity index (χ3n) is 5.51. The monoisotopic (exact) mass is 378 g/mol. The van der Waals surface area contributed by atoms with E-state index < -0.39 is 0 Å². The molecular formula is C22H26N4O2. The molecule has 2 aliphatic heterocycles. The molecule has 0 bridgehead atoms. The lowest BCUT2D eigenvalue weighted by atomic mass is 10.1. The van der Waals surface area contributed by atoms with Crippen LogP contribution in [-0.4, -0.2) is 42.9 Å². The third-order valence-corrected chi connectivity index (χ3v) is 5.51. The molecule has 2 heterocycles. The molecule has 6 heteroatoms. The van der Waals surface area contributed by atoms with Gasteiger partial charge in [-0.1, -0.05) is 30.3 Å². The smallest absolute Gasteiger partial charge is 0.233 e. The number of rotatable bonds is 4. The van der Waals surface area contributed by atoms with Crippen LogP contribution in [0.4, 0.5) is 17.1 Å². The maximum atomic E-state index is 12.1. The third kappa shape index (κ3) is 3.87. The van der Waals surface area contributed by atoms with E-state index in [9.17, 15) is 9.59 Å². The van der Waals surface area contributed by atoms with Gasteiger partial charge >= 0.3 is 0 Å². The van der Waals surface area contributed by atoms with Gasteiger partial charge in [0.1, 0.15) is 0 Å². The minimum absolute atomic E-state index is 0.141. The Bertz CT molecular complexity index is 844. The Morgan fingerprint density at radius 1 is 0.857 bits per heavy atom. The number of hydrogen-bond donors (Lipinski definition) is 1. The van der Waals surface area contributed by atoms with Crippen LogP contribution in [0, 0.1) is 0 Å². The van der Waals surface area contributed by atoms with Crippen molar-refractivity contribution in [3.63, 3.8) is 0 Å². The van der Waals surface area contributed by atoms with Gasteiger partial charge in [0.05, 0.1) is 17.1 Å². The summed E-state index contributed by atoms with van der Waals surface area (Å²) in [6.07, 6.45) is 1.46. The lowest BCUT2D eigenvalue weighted by Crippen LogP contribution is -2.46. The van der Waals surface area contributed by atoms with Crippen molar-refractivity contribution >= 4 is 28.9 Å². The Hall–Kier alpha value is -2.86. The van der Waals surface area contributed by atoms with E-state index in [1.807, 2.05) is 18.2 Å². The molecule has 146 valence electrons. The lowest BCUT2D eigenvalue weighted by Gasteiger charge is -2.37. The summed E-state index contributed by atoms with van der Waals surface area (Å²) in [7, 11) is 0. The molecule has 2 aromatic carbocycles. The number of hydrogen-bond acceptors (Lipinski definition) is 5. The predicted octanol–water partition coefficient (Wildman–Crippen LogP) is 2.63. The van der Waals surface area contributed by atoms with E-state index in [-0.39, 0.29) is 11.8 Å². The SMILES string of the molecule is Nc1cc(N2C(=O)CCCC2=O)ccc1N1CCN(Cc2ccccc2)CC1. The zero-order valence-electron chi connectivity index (χ0n) is 16.0. The molecule has 2 fully saturated rings. The number of anilines is 3. The fourth-order valence-electron chi connectivity index (χ4n) is 4.00. The zero-order valence-corrected chi connectivity index (χ0v) is 16.0. The highest BCUT2D eigenvalue weighted by Crippen LogP contribution is 2.31. The van der Waals surface area contributed by atoms with Crippen LogP contribution in [0.2, 0.25) is 0 Å². The second kappa shape index (κ2) is 8.02. The molecule has 0 unspecified atom stereocenters. The first-order valence-corrected chi connectivity index (χ1v) is 9.88. The topological polar surface area (TPSA) is 69.9 Å². The van der Waals surface area contributed by atoms with Crippen LogP contribution in [0.25, 0.3) is 0 Å². The Morgan fingerprint density at radius 3 is 2.18 bits per heavy atom. The van der Waals surface area contributed by atoms with E-state index in [1.165, 1.54) is 10.5 Å². The van der Waals surface area contributed by atoms with Crippen molar-refractivity contribution in [1.82, 2.24) is 4.90 Å². The Kier molecular flexibility index (Phi) is 5.30. The van der Waals surface area contributed by atoms with Crippen molar-refractivity contribution in [3.05, 3.63) is 54.1 Å². The van der Waals surface area contributed by atoms with Crippen molar-refractivity contribution in [3.8, 4) is 0 Å². The number of carbonyl (C=O) groups excluding carboxylic acids is 2. The number of nitrogen functional groups attached to an aromatic ring is 1. The number of imide groups is 1. The fourth-order valence-corrected chi connectivity index (χ4v) is 4.00. The highest BCUT2D eigenvalue weighted by atomic mass is 16.2. The van der Waals surface area contributed by atoms with Crippen LogP contribution < -0.4 is 15.5 Å². The molecule has 28 heavy (non-hydrogen) atoms. The number of benzene rings is 2. The van der Waals surface area contributed by atoms with Gasteiger partial charge in [-0.3, -0.25) is 19.4 Å². The predicted molar refractivity (Wildman–Crippen MR) is 111 cm³/mol. The summed E-state index contributed by atoms with van der Waals surface area (Å²) in [4.78, 5) is 30.3. The number of carbonyl (C=O) groups is 2. The fraction of sp³-hybridized carbons (Fsp3) is 0.364. The van der Waals surface area contributed by atoms with E-state index in [2.05, 4.69) is 34.1 Å². The van der Waals surface area contributed by atoms with Gasteiger partial charge in [-0.05, 0) is 30.2 Å². The van der Waals surface area contributed by atoms with Crippen molar-refractivity contribution in [2.45, 2.75) is 25.8 Å². The standard InChI is InChI=1S/C22H26N4O2/c23-19-15-18(26-21(27)7-4-8-22(26)28)9-10-20(19)25-13-11-24(12-14-25)16-17-5-2-1-3-6-17/h1-3,5-6,9-10,15H,4,7-8,11-14,16,23H2. The van der Waals surface area contributed by atoms with Gasteiger partial charge in [0.15, 0.2) is 0 Å². The van der Waals surface area contributed by atoms with E-state index >= 15 is 0 Å². The van der Waals surface area contributed by atoms with Crippen LogP contribution in [0.5, 0.6) is 0 Å². The van der Waals surface area contributed by atoms with Crippen molar-refractivity contribution in [1.29, 1.82) is 0 Å².